The number of sulfone groups is 1. The Morgan fingerprint density at radius 2 is 1.81 bits per heavy atom. The second kappa shape index (κ2) is 7.53. The van der Waals surface area contributed by atoms with Crippen LogP contribution in [0.1, 0.15) is 17.3 Å². The SMILES string of the molecule is CCS(=O)(=O)c1ccccc1C(=O)Nc1nc2cc(OC)c(OC)cc2s1. The van der Waals surface area contributed by atoms with Gasteiger partial charge in [0.25, 0.3) is 5.91 Å². The predicted molar refractivity (Wildman–Crippen MR) is 105 cm³/mol. The molecule has 3 rings (SSSR count). The molecule has 0 fully saturated rings. The van der Waals surface area contributed by atoms with E-state index in [1.165, 1.54) is 30.6 Å². The number of amides is 1. The van der Waals surface area contributed by atoms with E-state index >= 15 is 0 Å². The maximum absolute atomic E-state index is 12.7. The van der Waals surface area contributed by atoms with E-state index in [-0.39, 0.29) is 16.2 Å². The van der Waals surface area contributed by atoms with Gasteiger partial charge in [-0.2, -0.15) is 0 Å². The summed E-state index contributed by atoms with van der Waals surface area (Å²) in [7, 11) is -0.448. The number of hydrogen-bond acceptors (Lipinski definition) is 7. The van der Waals surface area contributed by atoms with Crippen LogP contribution in [-0.4, -0.2) is 39.3 Å². The lowest BCUT2D eigenvalue weighted by molar-refractivity contribution is 0.102. The Morgan fingerprint density at radius 1 is 1.15 bits per heavy atom. The van der Waals surface area contributed by atoms with E-state index in [9.17, 15) is 13.2 Å². The third-order valence-corrected chi connectivity index (χ3v) is 6.68. The number of nitrogens with one attached hydrogen (secondary N) is 1. The van der Waals surface area contributed by atoms with E-state index < -0.39 is 15.7 Å². The van der Waals surface area contributed by atoms with Crippen LogP contribution in [0, 0.1) is 0 Å². The number of nitrogens with zero attached hydrogens (tertiary/aromatic N) is 1. The molecule has 3 aromatic rings. The molecule has 1 N–H and O–H groups in total. The first kappa shape index (κ1) is 19.1. The van der Waals surface area contributed by atoms with Gasteiger partial charge < -0.3 is 9.47 Å². The van der Waals surface area contributed by atoms with E-state index in [1.807, 2.05) is 0 Å². The molecular weight excluding hydrogens is 388 g/mol. The molecule has 7 nitrogen and oxygen atoms in total. The van der Waals surface area contributed by atoms with Gasteiger partial charge in [0.15, 0.2) is 26.5 Å². The van der Waals surface area contributed by atoms with Crippen LogP contribution in [0.4, 0.5) is 5.13 Å². The molecule has 0 spiro atoms. The molecule has 0 saturated carbocycles. The Balaban J connectivity index is 1.96. The topological polar surface area (TPSA) is 94.6 Å². The number of hydrogen-bond donors (Lipinski definition) is 1. The minimum Gasteiger partial charge on any atom is -0.493 e. The van der Waals surface area contributed by atoms with Crippen molar-refractivity contribution >= 4 is 42.4 Å². The monoisotopic (exact) mass is 406 g/mol. The number of carbonyl (C=O) groups is 1. The molecule has 1 amide bonds. The molecule has 0 saturated heterocycles. The molecule has 0 aliphatic carbocycles. The number of ether oxygens (including phenoxy) is 2. The fraction of sp³-hybridized carbons (Fsp3) is 0.222. The standard InChI is InChI=1S/C18H18N2O5S2/c1-4-27(22,23)16-8-6-5-7-11(16)17(21)20-18-19-12-9-13(24-2)14(25-3)10-15(12)26-18/h5-10H,4H2,1-3H3,(H,19,20,21). The van der Waals surface area contributed by atoms with Crippen LogP contribution in [0.5, 0.6) is 11.5 Å². The van der Waals surface area contributed by atoms with Gasteiger partial charge in [-0.15, -0.1) is 0 Å². The number of fused-ring (bicyclic) bond motifs is 1. The number of methoxy groups -OCH3 is 2. The highest BCUT2D eigenvalue weighted by Crippen LogP contribution is 2.36. The van der Waals surface area contributed by atoms with E-state index in [0.29, 0.717) is 22.1 Å². The molecule has 27 heavy (non-hydrogen) atoms. The number of aromatic nitrogens is 1. The van der Waals surface area contributed by atoms with Gasteiger partial charge >= 0.3 is 0 Å². The normalized spacial score (nSPS) is 11.4. The first-order chi connectivity index (χ1) is 12.9. The van der Waals surface area contributed by atoms with Crippen molar-refractivity contribution in [2.45, 2.75) is 11.8 Å². The lowest BCUT2D eigenvalue weighted by atomic mass is 10.2. The summed E-state index contributed by atoms with van der Waals surface area (Å²) in [6.45, 7) is 1.54. The van der Waals surface area contributed by atoms with Gasteiger partial charge in [0.05, 0.1) is 40.6 Å². The van der Waals surface area contributed by atoms with Gasteiger partial charge in [0, 0.05) is 12.1 Å². The van der Waals surface area contributed by atoms with Gasteiger partial charge in [0.2, 0.25) is 0 Å². The van der Waals surface area contributed by atoms with Crippen molar-refractivity contribution in [3.05, 3.63) is 42.0 Å². The third kappa shape index (κ3) is 3.74. The molecule has 9 heteroatoms. The summed E-state index contributed by atoms with van der Waals surface area (Å²) in [5.41, 5.74) is 0.733. The van der Waals surface area contributed by atoms with Gasteiger partial charge in [0.1, 0.15) is 0 Å². The average molecular weight is 406 g/mol. The summed E-state index contributed by atoms with van der Waals surface area (Å²) < 4.78 is 35.8. The zero-order valence-corrected chi connectivity index (χ0v) is 16.6. The minimum absolute atomic E-state index is 0.00875. The molecular formula is C18H18N2O5S2. The Morgan fingerprint density at radius 3 is 2.48 bits per heavy atom. The van der Waals surface area contributed by atoms with Crippen LogP contribution in [-0.2, 0) is 9.84 Å². The largest absolute Gasteiger partial charge is 0.493 e. The van der Waals surface area contributed by atoms with Crippen molar-refractivity contribution in [2.24, 2.45) is 0 Å². The molecule has 142 valence electrons. The summed E-state index contributed by atoms with van der Waals surface area (Å²) in [6.07, 6.45) is 0. The first-order valence-electron chi connectivity index (χ1n) is 8.05. The molecule has 1 heterocycles. The van der Waals surface area contributed by atoms with E-state index in [1.54, 1.807) is 38.3 Å². The predicted octanol–water partition coefficient (Wildman–Crippen LogP) is 3.36. The van der Waals surface area contributed by atoms with Crippen molar-refractivity contribution in [1.82, 2.24) is 4.98 Å². The smallest absolute Gasteiger partial charge is 0.258 e. The summed E-state index contributed by atoms with van der Waals surface area (Å²) in [5.74, 6) is 0.483. The molecule has 0 bridgehead atoms. The van der Waals surface area contributed by atoms with Crippen molar-refractivity contribution in [3.63, 3.8) is 0 Å². The van der Waals surface area contributed by atoms with Crippen molar-refractivity contribution in [2.75, 3.05) is 25.3 Å². The minimum atomic E-state index is -3.52. The van der Waals surface area contributed by atoms with Gasteiger partial charge in [-0.3, -0.25) is 10.1 Å². The van der Waals surface area contributed by atoms with Crippen molar-refractivity contribution in [3.8, 4) is 11.5 Å². The van der Waals surface area contributed by atoms with Gasteiger partial charge in [-0.05, 0) is 12.1 Å². The molecule has 2 aromatic carbocycles. The summed E-state index contributed by atoms with van der Waals surface area (Å²) in [5, 5.41) is 3.04. The molecule has 0 aliphatic rings. The molecule has 1 aromatic heterocycles. The number of benzene rings is 2. The quantitative estimate of drug-likeness (QED) is 0.675. The summed E-state index contributed by atoms with van der Waals surface area (Å²) in [6, 6.07) is 9.62. The highest BCUT2D eigenvalue weighted by molar-refractivity contribution is 7.91. The van der Waals surface area contributed by atoms with Crippen LogP contribution in [0.2, 0.25) is 0 Å². The highest BCUT2D eigenvalue weighted by atomic mass is 32.2. The Labute approximate surface area is 160 Å². The van der Waals surface area contributed by atoms with Crippen molar-refractivity contribution < 1.29 is 22.7 Å². The summed E-state index contributed by atoms with van der Waals surface area (Å²) >= 11 is 1.26. The molecule has 0 radical (unpaired) electrons. The second-order valence-corrected chi connectivity index (χ2v) is 8.82. The second-order valence-electron chi connectivity index (χ2n) is 5.55. The number of thiazole rings is 1. The molecule has 0 aliphatic heterocycles. The van der Waals surface area contributed by atoms with Crippen LogP contribution >= 0.6 is 11.3 Å². The fourth-order valence-corrected chi connectivity index (χ4v) is 4.52. The zero-order chi connectivity index (χ0) is 19.6. The van der Waals surface area contributed by atoms with E-state index in [4.69, 9.17) is 9.47 Å². The number of carbonyl (C=O) groups excluding carboxylic acids is 1. The van der Waals surface area contributed by atoms with Crippen molar-refractivity contribution in [1.29, 1.82) is 0 Å². The Bertz CT molecular complexity index is 1070. The Hall–Kier alpha value is -2.65. The lowest BCUT2D eigenvalue weighted by Crippen LogP contribution is -2.17. The summed E-state index contributed by atoms with van der Waals surface area (Å²) in [4.78, 5) is 17.0. The maximum atomic E-state index is 12.7. The molecule has 0 atom stereocenters. The van der Waals surface area contributed by atoms with Crippen LogP contribution < -0.4 is 14.8 Å². The van der Waals surface area contributed by atoms with E-state index in [0.717, 1.165) is 4.70 Å². The zero-order valence-electron chi connectivity index (χ0n) is 15.0. The highest BCUT2D eigenvalue weighted by Gasteiger charge is 2.21. The number of rotatable bonds is 6. The molecule has 0 unspecified atom stereocenters. The van der Waals surface area contributed by atoms with Crippen LogP contribution in [0.15, 0.2) is 41.3 Å². The lowest BCUT2D eigenvalue weighted by Gasteiger charge is -2.08. The Kier molecular flexibility index (Phi) is 5.33. The maximum Gasteiger partial charge on any atom is 0.258 e. The average Bonchev–Trinajstić information content (AvgIpc) is 3.07. The third-order valence-electron chi connectivity index (χ3n) is 3.96. The fourth-order valence-electron chi connectivity index (χ4n) is 2.55. The van der Waals surface area contributed by atoms with Crippen LogP contribution in [0.3, 0.4) is 0 Å². The first-order valence-corrected chi connectivity index (χ1v) is 10.5. The van der Waals surface area contributed by atoms with Gasteiger partial charge in [-0.25, -0.2) is 13.4 Å². The van der Waals surface area contributed by atoms with Crippen LogP contribution in [0.25, 0.3) is 10.2 Å². The number of anilines is 1. The van der Waals surface area contributed by atoms with E-state index in [2.05, 4.69) is 10.3 Å². The van der Waals surface area contributed by atoms with Gasteiger partial charge in [-0.1, -0.05) is 30.4 Å².